The molecule has 1 aromatic heterocycles. The zero-order valence-corrected chi connectivity index (χ0v) is 21.0. The van der Waals surface area contributed by atoms with Crippen molar-refractivity contribution in [3.63, 3.8) is 0 Å². The average Bonchev–Trinajstić information content (AvgIpc) is 3.11. The van der Waals surface area contributed by atoms with Crippen molar-refractivity contribution in [2.75, 3.05) is 13.1 Å². The first kappa shape index (κ1) is 23.8. The van der Waals surface area contributed by atoms with E-state index in [1.807, 2.05) is 39.0 Å². The third kappa shape index (κ3) is 4.94. The van der Waals surface area contributed by atoms with Crippen LogP contribution in [-0.2, 0) is 10.0 Å². The van der Waals surface area contributed by atoms with E-state index >= 15 is 0 Å². The van der Waals surface area contributed by atoms with E-state index in [9.17, 15) is 13.7 Å². The quantitative estimate of drug-likeness (QED) is 0.493. The third-order valence-electron chi connectivity index (χ3n) is 5.76. The molecule has 2 heterocycles. The molecule has 0 amide bonds. The molecule has 4 rings (SSSR count). The van der Waals surface area contributed by atoms with Crippen LogP contribution >= 0.6 is 23.4 Å². The molecule has 2 aromatic carbocycles. The number of aryl methyl sites for hydroxylation is 3. The fourth-order valence-electron chi connectivity index (χ4n) is 4.24. The minimum atomic E-state index is -3.79. The van der Waals surface area contributed by atoms with E-state index in [2.05, 4.69) is 20.8 Å². The number of sulfonamides is 1. The van der Waals surface area contributed by atoms with E-state index < -0.39 is 10.0 Å². The molecule has 33 heavy (non-hydrogen) atoms. The van der Waals surface area contributed by atoms with Crippen LogP contribution in [0.4, 0.5) is 0 Å². The maximum Gasteiger partial charge on any atom is 0.244 e. The Balaban J connectivity index is 1.62. The highest BCUT2D eigenvalue weighted by Gasteiger charge is 2.33. The summed E-state index contributed by atoms with van der Waals surface area (Å²) in [6.45, 7) is 6.55. The minimum Gasteiger partial charge on any atom is -0.312 e. The fraction of sp³-hybridized carbons (Fsp3) is 0.348. The highest BCUT2D eigenvalue weighted by Crippen LogP contribution is 2.37. The molecule has 1 saturated heterocycles. The normalized spacial score (nSPS) is 15.5. The van der Waals surface area contributed by atoms with Crippen LogP contribution in [0, 0.1) is 32.1 Å². The molecule has 0 bridgehead atoms. The van der Waals surface area contributed by atoms with Gasteiger partial charge in [-0.3, -0.25) is 0 Å². The second kappa shape index (κ2) is 9.47. The van der Waals surface area contributed by atoms with Crippen LogP contribution in [0.25, 0.3) is 0 Å². The molecule has 3 aromatic rings. The standard InChI is InChI=1S/C23H24ClN5O2S2/c1-15-10-19(24)13-21(11-15)32-22-5-4-18(14-25)12-23(22)33(30,31)28-8-6-20(7-9-28)29-16(2)26-27-17(29)3/h4-5,10-13,20H,6-9H2,1-3H3. The summed E-state index contributed by atoms with van der Waals surface area (Å²) in [6.07, 6.45) is 1.35. The first-order valence-electron chi connectivity index (χ1n) is 10.6. The van der Waals surface area contributed by atoms with Gasteiger partial charge in [0.15, 0.2) is 0 Å². The van der Waals surface area contributed by atoms with Crippen molar-refractivity contribution < 1.29 is 8.42 Å². The highest BCUT2D eigenvalue weighted by molar-refractivity contribution is 8.00. The Bertz CT molecular complexity index is 1300. The number of aromatic nitrogens is 3. The summed E-state index contributed by atoms with van der Waals surface area (Å²) in [5.74, 6) is 1.68. The van der Waals surface area contributed by atoms with Gasteiger partial charge in [-0.2, -0.15) is 9.57 Å². The number of rotatable bonds is 5. The SMILES string of the molecule is Cc1cc(Cl)cc(Sc2ccc(C#N)cc2S(=O)(=O)N2CCC(n3c(C)nnc3C)CC2)c1. The van der Waals surface area contributed by atoms with E-state index in [0.29, 0.717) is 41.4 Å². The third-order valence-corrected chi connectivity index (χ3v) is 9.09. The van der Waals surface area contributed by atoms with Crippen molar-refractivity contribution >= 4 is 33.4 Å². The van der Waals surface area contributed by atoms with Gasteiger partial charge in [0.05, 0.1) is 16.5 Å². The second-order valence-corrected chi connectivity index (χ2v) is 11.6. The molecule has 0 spiro atoms. The average molecular weight is 502 g/mol. The second-order valence-electron chi connectivity index (χ2n) is 8.14. The van der Waals surface area contributed by atoms with E-state index in [4.69, 9.17) is 11.6 Å². The lowest BCUT2D eigenvalue weighted by atomic mass is 10.1. The molecular formula is C23H24ClN5O2S2. The molecule has 0 unspecified atom stereocenters. The van der Waals surface area contributed by atoms with Crippen molar-refractivity contribution in [2.45, 2.75) is 54.3 Å². The number of hydrogen-bond acceptors (Lipinski definition) is 6. The van der Waals surface area contributed by atoms with Gasteiger partial charge in [0.25, 0.3) is 0 Å². The maximum atomic E-state index is 13.7. The Labute approximate surface area is 203 Å². The van der Waals surface area contributed by atoms with Crippen LogP contribution < -0.4 is 0 Å². The Morgan fingerprint density at radius 2 is 1.73 bits per heavy atom. The van der Waals surface area contributed by atoms with Gasteiger partial charge in [0.1, 0.15) is 11.6 Å². The number of nitrogens with zero attached hydrogens (tertiary/aromatic N) is 5. The van der Waals surface area contributed by atoms with Crippen LogP contribution in [0.15, 0.2) is 51.1 Å². The molecular weight excluding hydrogens is 478 g/mol. The largest absolute Gasteiger partial charge is 0.312 e. The molecule has 0 radical (unpaired) electrons. The zero-order valence-electron chi connectivity index (χ0n) is 18.6. The number of benzene rings is 2. The fourth-order valence-corrected chi connectivity index (χ4v) is 7.58. The summed E-state index contributed by atoms with van der Waals surface area (Å²) in [4.78, 5) is 1.57. The van der Waals surface area contributed by atoms with E-state index in [-0.39, 0.29) is 10.9 Å². The van der Waals surface area contributed by atoms with Gasteiger partial charge in [-0.05, 0) is 75.6 Å². The number of piperidine rings is 1. The molecule has 172 valence electrons. The lowest BCUT2D eigenvalue weighted by Gasteiger charge is -2.33. The topological polar surface area (TPSA) is 91.9 Å². The Morgan fingerprint density at radius 1 is 1.06 bits per heavy atom. The molecule has 0 aliphatic carbocycles. The number of nitriles is 1. The maximum absolute atomic E-state index is 13.7. The van der Waals surface area contributed by atoms with Crippen LogP contribution in [-0.4, -0.2) is 40.6 Å². The van der Waals surface area contributed by atoms with E-state index in [1.165, 1.54) is 22.1 Å². The van der Waals surface area contributed by atoms with Crippen molar-refractivity contribution in [1.82, 2.24) is 19.1 Å². The minimum absolute atomic E-state index is 0.152. The zero-order chi connectivity index (χ0) is 23.8. The first-order valence-corrected chi connectivity index (χ1v) is 13.2. The van der Waals surface area contributed by atoms with Crippen LogP contribution in [0.2, 0.25) is 5.02 Å². The molecule has 1 aliphatic rings. The Kier molecular flexibility index (Phi) is 6.82. The lowest BCUT2D eigenvalue weighted by molar-refractivity contribution is 0.268. The van der Waals surface area contributed by atoms with Crippen molar-refractivity contribution in [3.05, 3.63) is 64.2 Å². The molecule has 7 nitrogen and oxygen atoms in total. The molecule has 1 aliphatic heterocycles. The van der Waals surface area contributed by atoms with Gasteiger partial charge >= 0.3 is 0 Å². The summed E-state index contributed by atoms with van der Waals surface area (Å²) in [5, 5.41) is 18.2. The summed E-state index contributed by atoms with van der Waals surface area (Å²) >= 11 is 7.53. The summed E-state index contributed by atoms with van der Waals surface area (Å²) in [7, 11) is -3.79. The molecule has 0 saturated carbocycles. The Morgan fingerprint density at radius 3 is 2.33 bits per heavy atom. The number of hydrogen-bond donors (Lipinski definition) is 0. The monoisotopic (exact) mass is 501 g/mol. The molecule has 0 N–H and O–H groups in total. The predicted octanol–water partition coefficient (Wildman–Crippen LogP) is 4.91. The van der Waals surface area contributed by atoms with Crippen molar-refractivity contribution in [3.8, 4) is 6.07 Å². The summed E-state index contributed by atoms with van der Waals surface area (Å²) < 4.78 is 30.9. The first-order chi connectivity index (χ1) is 15.7. The van der Waals surface area contributed by atoms with Gasteiger partial charge in [0, 0.05) is 33.9 Å². The Hall–Kier alpha value is -2.38. The van der Waals surface area contributed by atoms with Crippen molar-refractivity contribution in [2.24, 2.45) is 0 Å². The van der Waals surface area contributed by atoms with E-state index in [1.54, 1.807) is 12.1 Å². The van der Waals surface area contributed by atoms with Crippen LogP contribution in [0.5, 0.6) is 0 Å². The van der Waals surface area contributed by atoms with Gasteiger partial charge < -0.3 is 4.57 Å². The molecule has 10 heteroatoms. The van der Waals surface area contributed by atoms with Crippen LogP contribution in [0.3, 0.4) is 0 Å². The highest BCUT2D eigenvalue weighted by atomic mass is 35.5. The molecule has 0 atom stereocenters. The van der Waals surface area contributed by atoms with E-state index in [0.717, 1.165) is 22.1 Å². The van der Waals surface area contributed by atoms with Gasteiger partial charge in [0.2, 0.25) is 10.0 Å². The van der Waals surface area contributed by atoms with Gasteiger partial charge in [-0.15, -0.1) is 10.2 Å². The molecule has 1 fully saturated rings. The van der Waals surface area contributed by atoms with Gasteiger partial charge in [-0.1, -0.05) is 23.4 Å². The van der Waals surface area contributed by atoms with Crippen molar-refractivity contribution in [1.29, 1.82) is 5.26 Å². The number of halogens is 1. The predicted molar refractivity (Wildman–Crippen MR) is 128 cm³/mol. The van der Waals surface area contributed by atoms with Crippen LogP contribution in [0.1, 0.15) is 41.7 Å². The summed E-state index contributed by atoms with van der Waals surface area (Å²) in [6, 6.07) is 12.7. The van der Waals surface area contributed by atoms with Gasteiger partial charge in [-0.25, -0.2) is 8.42 Å². The smallest absolute Gasteiger partial charge is 0.244 e. The summed E-state index contributed by atoms with van der Waals surface area (Å²) in [5.41, 5.74) is 1.30. The lowest BCUT2D eigenvalue weighted by Crippen LogP contribution is -2.39.